The van der Waals surface area contributed by atoms with Crippen LogP contribution in [0.4, 0.5) is 34.1 Å². The van der Waals surface area contributed by atoms with Crippen LogP contribution in [-0.4, -0.2) is 0 Å². The average Bonchev–Trinajstić information content (AvgIpc) is 1.82. The molecule has 17 rings (SSSR count). The molecule has 2 fully saturated rings. The Kier molecular flexibility index (Phi) is 11.6. The van der Waals surface area contributed by atoms with Crippen LogP contribution in [0.3, 0.4) is 0 Å². The molecule has 3 aliphatic carbocycles. The third-order valence-electron chi connectivity index (χ3n) is 19.7. The van der Waals surface area contributed by atoms with Crippen LogP contribution >= 0.6 is 0 Å². The van der Waals surface area contributed by atoms with Gasteiger partial charge in [0.25, 0.3) is 0 Å². The fourth-order valence-corrected chi connectivity index (χ4v) is 15.5. The van der Waals surface area contributed by atoms with Gasteiger partial charge in [-0.3, -0.25) is 0 Å². The second-order valence-corrected chi connectivity index (χ2v) is 24.8. The molecule has 0 atom stereocenters. The monoisotopic (exact) mass is 1100 g/mol. The minimum absolute atomic E-state index is 0.286. The van der Waals surface area contributed by atoms with Gasteiger partial charge >= 0.3 is 0 Å². The second-order valence-electron chi connectivity index (χ2n) is 24.8. The number of benzene rings is 12. The third-order valence-corrected chi connectivity index (χ3v) is 19.7. The van der Waals surface area contributed by atoms with Crippen molar-refractivity contribution >= 4 is 99.5 Å². The number of hydrogen-bond acceptors (Lipinski definition) is 4. The Bertz CT molecular complexity index is 4640. The highest BCUT2D eigenvalue weighted by Crippen LogP contribution is 2.54. The SMILES string of the molecule is CC1(C)c2cc3cc(N(c4ccccc4-c4ccccc4)c4cccc5c4oc4c(C6CCCC6)cccc45)ccc3cc2-c2cc3ccc(N(c4ccccc4-c4ccccc4)c4cccc5c4oc4c(C6CCCC6)cccc45)cc3cc21. The van der Waals surface area contributed by atoms with E-state index in [-0.39, 0.29) is 5.41 Å². The Hall–Kier alpha value is -9.64. The van der Waals surface area contributed by atoms with Gasteiger partial charge in [0, 0.05) is 49.5 Å². The summed E-state index contributed by atoms with van der Waals surface area (Å²) in [7, 11) is 0. The van der Waals surface area contributed by atoms with E-state index in [4.69, 9.17) is 8.83 Å². The molecule has 2 aromatic heterocycles. The maximum Gasteiger partial charge on any atom is 0.159 e. The minimum Gasteiger partial charge on any atom is -0.454 e. The Morgan fingerprint density at radius 2 is 0.694 bits per heavy atom. The maximum absolute atomic E-state index is 7.23. The van der Waals surface area contributed by atoms with Crippen molar-refractivity contribution in [3.63, 3.8) is 0 Å². The van der Waals surface area contributed by atoms with Crippen LogP contribution in [0, 0.1) is 0 Å². The number of furan rings is 2. The molecular formula is C81H64N2O2. The predicted octanol–water partition coefficient (Wildman–Crippen LogP) is 23.7. The number of nitrogens with zero attached hydrogens (tertiary/aromatic N) is 2. The molecule has 0 aliphatic heterocycles. The van der Waals surface area contributed by atoms with E-state index in [0.29, 0.717) is 11.8 Å². The first kappa shape index (κ1) is 49.9. The van der Waals surface area contributed by atoms with Crippen LogP contribution in [0.1, 0.15) is 99.3 Å². The number of fused-ring (bicyclic) bond motifs is 11. The fraction of sp³-hybridized carbons (Fsp3) is 0.160. The highest BCUT2D eigenvalue weighted by Gasteiger charge is 2.37. The molecule has 4 nitrogen and oxygen atoms in total. The van der Waals surface area contributed by atoms with Crippen LogP contribution in [0.2, 0.25) is 0 Å². The van der Waals surface area contributed by atoms with Gasteiger partial charge in [-0.1, -0.05) is 209 Å². The Balaban J connectivity index is 0.804. The summed E-state index contributed by atoms with van der Waals surface area (Å²) in [5, 5.41) is 9.50. The van der Waals surface area contributed by atoms with Crippen molar-refractivity contribution in [1.82, 2.24) is 0 Å². The molecule has 0 N–H and O–H groups in total. The number of para-hydroxylation sites is 6. The summed E-state index contributed by atoms with van der Waals surface area (Å²) in [5.74, 6) is 1.05. The largest absolute Gasteiger partial charge is 0.454 e. The van der Waals surface area contributed by atoms with E-state index in [1.165, 1.54) is 128 Å². The van der Waals surface area contributed by atoms with Crippen molar-refractivity contribution in [2.24, 2.45) is 0 Å². The number of anilines is 6. The summed E-state index contributed by atoms with van der Waals surface area (Å²) < 4.78 is 14.5. The van der Waals surface area contributed by atoms with Crippen LogP contribution in [0.25, 0.3) is 98.8 Å². The molecule has 0 unspecified atom stereocenters. The van der Waals surface area contributed by atoms with E-state index in [9.17, 15) is 0 Å². The molecule has 0 spiro atoms. The number of hydrogen-bond donors (Lipinski definition) is 0. The smallest absolute Gasteiger partial charge is 0.159 e. The van der Waals surface area contributed by atoms with E-state index in [2.05, 4.69) is 266 Å². The third kappa shape index (κ3) is 8.02. The summed E-state index contributed by atoms with van der Waals surface area (Å²) in [6.45, 7) is 4.83. The normalized spacial score (nSPS) is 15.0. The second kappa shape index (κ2) is 19.7. The Morgan fingerprint density at radius 3 is 1.13 bits per heavy atom. The lowest BCUT2D eigenvalue weighted by molar-refractivity contribution is 0.643. The van der Waals surface area contributed by atoms with Gasteiger partial charge in [-0.15, -0.1) is 0 Å². The van der Waals surface area contributed by atoms with Crippen molar-refractivity contribution < 1.29 is 8.83 Å². The lowest BCUT2D eigenvalue weighted by Crippen LogP contribution is -2.15. The lowest BCUT2D eigenvalue weighted by atomic mass is 9.81. The van der Waals surface area contributed by atoms with E-state index in [1.54, 1.807) is 0 Å². The summed E-state index contributed by atoms with van der Waals surface area (Å²) in [4.78, 5) is 4.89. The number of rotatable bonds is 10. The zero-order chi connectivity index (χ0) is 56.3. The molecule has 410 valence electrons. The molecular weight excluding hydrogens is 1030 g/mol. The van der Waals surface area contributed by atoms with Crippen molar-refractivity contribution in [1.29, 1.82) is 0 Å². The van der Waals surface area contributed by atoms with Gasteiger partial charge < -0.3 is 18.6 Å². The first-order valence-electron chi connectivity index (χ1n) is 30.9. The molecule has 0 saturated heterocycles. The molecule has 85 heavy (non-hydrogen) atoms. The highest BCUT2D eigenvalue weighted by molar-refractivity contribution is 6.14. The van der Waals surface area contributed by atoms with E-state index < -0.39 is 0 Å². The molecule has 2 saturated carbocycles. The van der Waals surface area contributed by atoms with Crippen molar-refractivity contribution in [2.75, 3.05) is 9.80 Å². The summed E-state index contributed by atoms with van der Waals surface area (Å²) in [5.41, 5.74) is 22.6. The quantitative estimate of drug-likeness (QED) is 0.137. The average molecular weight is 1100 g/mol. The topological polar surface area (TPSA) is 32.8 Å². The van der Waals surface area contributed by atoms with Crippen molar-refractivity contribution in [3.05, 3.63) is 265 Å². The highest BCUT2D eigenvalue weighted by atomic mass is 16.3. The summed E-state index contributed by atoms with van der Waals surface area (Å²) in [6.07, 6.45) is 9.96. The zero-order valence-corrected chi connectivity index (χ0v) is 48.1. The van der Waals surface area contributed by atoms with Gasteiger partial charge in [-0.25, -0.2) is 0 Å². The fourth-order valence-electron chi connectivity index (χ4n) is 15.5. The first-order chi connectivity index (χ1) is 41.9. The first-order valence-corrected chi connectivity index (χ1v) is 30.9. The molecule has 12 aromatic carbocycles. The van der Waals surface area contributed by atoms with Gasteiger partial charge in [0.15, 0.2) is 11.2 Å². The van der Waals surface area contributed by atoms with Crippen LogP contribution in [-0.2, 0) is 5.41 Å². The molecule has 0 bridgehead atoms. The van der Waals surface area contributed by atoms with Crippen LogP contribution in [0.5, 0.6) is 0 Å². The van der Waals surface area contributed by atoms with Gasteiger partial charge in [-0.2, -0.15) is 0 Å². The van der Waals surface area contributed by atoms with E-state index in [0.717, 1.165) is 78.4 Å². The molecule has 14 aromatic rings. The minimum atomic E-state index is -0.286. The Labute approximate surface area is 496 Å². The molecule has 2 heterocycles. The standard InChI is InChI=1S/C81H64N2O2/c1-81(2)71-49-57-45-59(82(73-37-15-13-29-61(73)51-21-5-3-6-22-51)75-39-19-35-67-65-33-17-31-63(53-25-9-10-26-53)77(65)84-79(67)75)43-41-55(57)47-69(71)70-48-56-42-44-60(46-58(56)50-72(70)81)83(74-38-16-14-30-62(74)52-23-7-4-8-24-52)76-40-20-36-68-66-34-18-32-64(54-27-11-12-28-54)78(66)85-80(68)76/h3-8,13-24,29-50,53-54H,9-12,25-28H2,1-2H3. The lowest BCUT2D eigenvalue weighted by Gasteiger charge is -2.28. The molecule has 3 aliphatic rings. The maximum atomic E-state index is 7.23. The van der Waals surface area contributed by atoms with Crippen molar-refractivity contribution in [2.45, 2.75) is 82.5 Å². The van der Waals surface area contributed by atoms with Crippen LogP contribution < -0.4 is 9.80 Å². The molecule has 0 amide bonds. The van der Waals surface area contributed by atoms with Gasteiger partial charge in [0.1, 0.15) is 11.2 Å². The van der Waals surface area contributed by atoms with Crippen LogP contribution in [0.15, 0.2) is 251 Å². The van der Waals surface area contributed by atoms with Crippen molar-refractivity contribution in [3.8, 4) is 33.4 Å². The van der Waals surface area contributed by atoms with E-state index in [1.807, 2.05) is 0 Å². The van der Waals surface area contributed by atoms with E-state index >= 15 is 0 Å². The summed E-state index contributed by atoms with van der Waals surface area (Å²) in [6, 6.07) is 90.2. The van der Waals surface area contributed by atoms with Gasteiger partial charge in [0.05, 0.1) is 22.7 Å². The Morgan fingerprint density at radius 1 is 0.318 bits per heavy atom. The predicted molar refractivity (Wildman–Crippen MR) is 356 cm³/mol. The molecule has 0 radical (unpaired) electrons. The summed E-state index contributed by atoms with van der Waals surface area (Å²) >= 11 is 0. The van der Waals surface area contributed by atoms with Gasteiger partial charge in [-0.05, 0) is 176 Å². The zero-order valence-electron chi connectivity index (χ0n) is 48.1. The molecule has 4 heteroatoms. The van der Waals surface area contributed by atoms with Gasteiger partial charge in [0.2, 0.25) is 0 Å².